The van der Waals surface area contributed by atoms with Gasteiger partial charge in [0, 0.05) is 48.0 Å². The number of anilines is 2. The van der Waals surface area contributed by atoms with E-state index in [0.29, 0.717) is 49.0 Å². The Morgan fingerprint density at radius 3 is 2.44 bits per heavy atom. The van der Waals surface area contributed by atoms with Gasteiger partial charge in [-0.15, -0.1) is 0 Å². The van der Waals surface area contributed by atoms with E-state index in [1.807, 2.05) is 50.2 Å². The molecule has 36 heavy (non-hydrogen) atoms. The van der Waals surface area contributed by atoms with E-state index in [0.717, 1.165) is 28.0 Å². The van der Waals surface area contributed by atoms with Gasteiger partial charge < -0.3 is 20.9 Å². The highest BCUT2D eigenvalue weighted by molar-refractivity contribution is 5.99. The molecule has 2 aromatic heterocycles. The number of aliphatic hydroxyl groups is 1. The molecule has 1 aromatic carbocycles. The normalized spacial score (nSPS) is 14.6. The van der Waals surface area contributed by atoms with Gasteiger partial charge >= 0.3 is 0 Å². The van der Waals surface area contributed by atoms with Gasteiger partial charge in [0.25, 0.3) is 0 Å². The quantitative estimate of drug-likeness (QED) is 0.428. The second kappa shape index (κ2) is 10.8. The van der Waals surface area contributed by atoms with Gasteiger partial charge in [0.2, 0.25) is 5.91 Å². The molecule has 0 radical (unpaired) electrons. The number of aromatic nitrogens is 2. The van der Waals surface area contributed by atoms with E-state index in [1.165, 1.54) is 0 Å². The van der Waals surface area contributed by atoms with Crippen LogP contribution in [0, 0.1) is 0 Å². The summed E-state index contributed by atoms with van der Waals surface area (Å²) in [5.41, 5.74) is 10.7. The highest BCUT2D eigenvalue weighted by atomic mass is 16.5. The highest BCUT2D eigenvalue weighted by Gasteiger charge is 2.42. The number of benzene rings is 1. The van der Waals surface area contributed by atoms with Crippen LogP contribution in [0.1, 0.15) is 43.4 Å². The maximum Gasteiger partial charge on any atom is 0.236 e. The van der Waals surface area contributed by atoms with Crippen molar-refractivity contribution in [1.29, 1.82) is 0 Å². The van der Waals surface area contributed by atoms with Gasteiger partial charge in [-0.05, 0) is 56.0 Å². The summed E-state index contributed by atoms with van der Waals surface area (Å²) in [6.45, 7) is 8.61. The molecule has 0 bridgehead atoms. The molecule has 186 valence electrons. The van der Waals surface area contributed by atoms with Crippen LogP contribution in [-0.4, -0.2) is 39.9 Å². The number of aliphatic imine (C=N–C) groups is 1. The molecule has 3 aromatic rings. The molecule has 1 aliphatic rings. The van der Waals surface area contributed by atoms with Crippen molar-refractivity contribution < 1.29 is 14.6 Å². The number of nitrogens with one attached hydrogen (secondary N) is 1. The van der Waals surface area contributed by atoms with Crippen molar-refractivity contribution in [2.24, 2.45) is 4.99 Å². The molecule has 8 heteroatoms. The number of nitrogens with zero attached hydrogens (tertiary/aromatic N) is 3. The fourth-order valence-corrected chi connectivity index (χ4v) is 4.36. The van der Waals surface area contributed by atoms with Crippen LogP contribution in [0.5, 0.6) is 0 Å². The maximum absolute atomic E-state index is 13.6. The molecule has 8 nitrogen and oxygen atoms in total. The van der Waals surface area contributed by atoms with Gasteiger partial charge in [-0.1, -0.05) is 30.8 Å². The van der Waals surface area contributed by atoms with Gasteiger partial charge in [-0.2, -0.15) is 0 Å². The van der Waals surface area contributed by atoms with E-state index in [-0.39, 0.29) is 12.5 Å². The number of nitrogens with two attached hydrogens (primary N) is 1. The Balaban J connectivity index is 1.57. The first-order chi connectivity index (χ1) is 17.3. The fraction of sp³-hybridized carbons (Fsp3) is 0.286. The summed E-state index contributed by atoms with van der Waals surface area (Å²) in [6, 6.07) is 13.3. The summed E-state index contributed by atoms with van der Waals surface area (Å²) < 4.78 is 5.59. The number of pyridine rings is 2. The van der Waals surface area contributed by atoms with Crippen molar-refractivity contribution in [3.63, 3.8) is 0 Å². The minimum absolute atomic E-state index is 0.114. The van der Waals surface area contributed by atoms with Crippen LogP contribution in [0.3, 0.4) is 0 Å². The summed E-state index contributed by atoms with van der Waals surface area (Å²) in [4.78, 5) is 26.6. The van der Waals surface area contributed by atoms with Gasteiger partial charge in [0.15, 0.2) is 0 Å². The van der Waals surface area contributed by atoms with Gasteiger partial charge in [0.05, 0.1) is 17.7 Å². The SMILES string of the molecule is C=C(N=C(C)C)c1ccc(NC(=O)C2(c3ccc(-c4cnc(N)c(CO)c4)cc3)CCOCC2)nc1. The average Bonchev–Trinajstić information content (AvgIpc) is 2.89. The predicted octanol–water partition coefficient (Wildman–Crippen LogP) is 4.36. The van der Waals surface area contributed by atoms with Crippen LogP contribution >= 0.6 is 0 Å². The Hall–Kier alpha value is -3.88. The number of ether oxygens (including phenoxy) is 1. The third kappa shape index (κ3) is 5.35. The topological polar surface area (TPSA) is 123 Å². The Morgan fingerprint density at radius 1 is 1.11 bits per heavy atom. The molecule has 3 heterocycles. The molecule has 4 rings (SSSR count). The van der Waals surface area contributed by atoms with E-state index in [2.05, 4.69) is 26.9 Å². The number of hydrogen-bond acceptors (Lipinski definition) is 7. The summed E-state index contributed by atoms with van der Waals surface area (Å²) in [7, 11) is 0. The lowest BCUT2D eigenvalue weighted by Gasteiger charge is -2.36. The largest absolute Gasteiger partial charge is 0.392 e. The summed E-state index contributed by atoms with van der Waals surface area (Å²) in [5, 5.41) is 12.5. The van der Waals surface area contributed by atoms with Gasteiger partial charge in [-0.25, -0.2) is 9.97 Å². The van der Waals surface area contributed by atoms with Crippen molar-refractivity contribution in [2.75, 3.05) is 24.3 Å². The first kappa shape index (κ1) is 25.2. The van der Waals surface area contributed by atoms with Crippen molar-refractivity contribution in [1.82, 2.24) is 9.97 Å². The van der Waals surface area contributed by atoms with Gasteiger partial charge in [0.1, 0.15) is 11.6 Å². The van der Waals surface area contributed by atoms with Crippen molar-refractivity contribution in [3.8, 4) is 11.1 Å². The minimum atomic E-state index is -0.736. The van der Waals surface area contributed by atoms with E-state index in [4.69, 9.17) is 10.5 Å². The first-order valence-corrected chi connectivity index (χ1v) is 11.8. The molecular formula is C28H31N5O3. The average molecular weight is 486 g/mol. The molecule has 1 aliphatic heterocycles. The van der Waals surface area contributed by atoms with Crippen LogP contribution in [0.15, 0.2) is 66.4 Å². The second-order valence-corrected chi connectivity index (χ2v) is 9.09. The fourth-order valence-electron chi connectivity index (χ4n) is 4.36. The highest BCUT2D eigenvalue weighted by Crippen LogP contribution is 2.37. The number of aliphatic hydroxyl groups excluding tert-OH is 1. The number of rotatable bonds is 7. The molecule has 1 amide bonds. The monoisotopic (exact) mass is 485 g/mol. The molecule has 4 N–H and O–H groups in total. The Bertz CT molecular complexity index is 1270. The lowest BCUT2D eigenvalue weighted by Crippen LogP contribution is -2.45. The maximum atomic E-state index is 13.6. The molecule has 1 saturated heterocycles. The van der Waals surface area contributed by atoms with Crippen molar-refractivity contribution >= 4 is 29.0 Å². The Morgan fingerprint density at radius 2 is 1.83 bits per heavy atom. The lowest BCUT2D eigenvalue weighted by atomic mass is 9.73. The molecule has 1 fully saturated rings. The van der Waals surface area contributed by atoms with E-state index in [1.54, 1.807) is 18.5 Å². The van der Waals surface area contributed by atoms with Crippen LogP contribution in [0.4, 0.5) is 11.6 Å². The van der Waals surface area contributed by atoms with E-state index >= 15 is 0 Å². The molecule has 0 unspecified atom stereocenters. The Labute approximate surface area is 211 Å². The Kier molecular flexibility index (Phi) is 7.57. The van der Waals surface area contributed by atoms with Crippen molar-refractivity contribution in [2.45, 2.75) is 38.7 Å². The van der Waals surface area contributed by atoms with E-state index < -0.39 is 5.41 Å². The van der Waals surface area contributed by atoms with E-state index in [9.17, 15) is 9.90 Å². The lowest BCUT2D eigenvalue weighted by molar-refractivity contribution is -0.125. The molecule has 0 aliphatic carbocycles. The molecule has 0 spiro atoms. The third-order valence-corrected chi connectivity index (χ3v) is 6.42. The summed E-state index contributed by atoms with van der Waals surface area (Å²) in [6.07, 6.45) is 4.47. The minimum Gasteiger partial charge on any atom is -0.392 e. The number of nitrogen functional groups attached to an aromatic ring is 1. The number of amides is 1. The van der Waals surface area contributed by atoms with Gasteiger partial charge in [-0.3, -0.25) is 9.79 Å². The number of carbonyl (C=O) groups is 1. The smallest absolute Gasteiger partial charge is 0.236 e. The standard InChI is InChI=1S/C28H31N5O3/c1-18(2)32-19(3)21-6-9-25(30-15-21)33-27(35)28(10-12-36-13-11-28)24-7-4-20(5-8-24)22-14-23(17-34)26(29)31-16-22/h4-9,14-16,34H,3,10-13,17H2,1-2H3,(H2,29,31)(H,30,33,35). The van der Waals surface area contributed by atoms with Crippen LogP contribution in [-0.2, 0) is 21.6 Å². The molecule has 0 atom stereocenters. The zero-order chi connectivity index (χ0) is 25.7. The third-order valence-electron chi connectivity index (χ3n) is 6.42. The summed E-state index contributed by atoms with van der Waals surface area (Å²) in [5.74, 6) is 0.673. The number of hydrogen-bond donors (Lipinski definition) is 3. The molecule has 0 saturated carbocycles. The van der Waals surface area contributed by atoms with Crippen molar-refractivity contribution in [3.05, 3.63) is 78.1 Å². The van der Waals surface area contributed by atoms with Crippen LogP contribution < -0.4 is 11.1 Å². The van der Waals surface area contributed by atoms with Crippen LogP contribution in [0.25, 0.3) is 16.8 Å². The predicted molar refractivity (Wildman–Crippen MR) is 142 cm³/mol. The zero-order valence-corrected chi connectivity index (χ0v) is 20.6. The first-order valence-electron chi connectivity index (χ1n) is 11.8. The summed E-state index contributed by atoms with van der Waals surface area (Å²) >= 11 is 0. The van der Waals surface area contributed by atoms with Crippen LogP contribution in [0.2, 0.25) is 0 Å². The molecular weight excluding hydrogens is 454 g/mol. The zero-order valence-electron chi connectivity index (χ0n) is 20.6. The number of carbonyl (C=O) groups excluding carboxylic acids is 1. The second-order valence-electron chi connectivity index (χ2n) is 9.09.